The first-order chi connectivity index (χ1) is 19.2. The molecular formula is C32H40ClN3O4S. The van der Waals surface area contributed by atoms with Crippen LogP contribution in [0.1, 0.15) is 50.3 Å². The van der Waals surface area contributed by atoms with Crippen LogP contribution in [0, 0.1) is 6.92 Å². The Morgan fingerprint density at radius 1 is 0.927 bits per heavy atom. The van der Waals surface area contributed by atoms with Gasteiger partial charge in [-0.1, -0.05) is 66.2 Å². The van der Waals surface area contributed by atoms with Crippen molar-refractivity contribution in [2.24, 2.45) is 0 Å². The monoisotopic (exact) mass is 597 g/mol. The third-order valence-electron chi connectivity index (χ3n) is 6.48. The van der Waals surface area contributed by atoms with Gasteiger partial charge in [0.05, 0.1) is 11.9 Å². The van der Waals surface area contributed by atoms with Crippen LogP contribution in [-0.4, -0.2) is 49.5 Å². The van der Waals surface area contributed by atoms with E-state index in [0.717, 1.165) is 22.9 Å². The van der Waals surface area contributed by atoms with Gasteiger partial charge in [-0.15, -0.1) is 0 Å². The number of nitrogens with zero attached hydrogens (tertiary/aromatic N) is 2. The number of sulfonamides is 1. The highest BCUT2D eigenvalue weighted by atomic mass is 35.5. The molecule has 1 unspecified atom stereocenters. The number of aryl methyl sites for hydroxylation is 1. The lowest BCUT2D eigenvalue weighted by Gasteiger charge is -2.34. The van der Waals surface area contributed by atoms with E-state index in [1.807, 2.05) is 88.4 Å². The highest BCUT2D eigenvalue weighted by Gasteiger charge is 2.32. The van der Waals surface area contributed by atoms with Gasteiger partial charge >= 0.3 is 0 Å². The first kappa shape index (κ1) is 32.2. The highest BCUT2D eigenvalue weighted by molar-refractivity contribution is 7.92. The van der Waals surface area contributed by atoms with Crippen LogP contribution >= 0.6 is 11.6 Å². The van der Waals surface area contributed by atoms with Crippen molar-refractivity contribution in [3.8, 4) is 0 Å². The summed E-state index contributed by atoms with van der Waals surface area (Å²) in [6.45, 7) is 7.96. The number of benzene rings is 3. The van der Waals surface area contributed by atoms with Gasteiger partial charge in [-0.3, -0.25) is 13.9 Å². The molecule has 0 saturated heterocycles. The summed E-state index contributed by atoms with van der Waals surface area (Å²) in [4.78, 5) is 29.2. The van der Waals surface area contributed by atoms with Crippen molar-refractivity contribution in [3.05, 3.63) is 101 Å². The predicted octanol–water partition coefficient (Wildman–Crippen LogP) is 5.75. The molecule has 41 heavy (non-hydrogen) atoms. The third-order valence-corrected chi connectivity index (χ3v) is 7.92. The molecule has 0 saturated carbocycles. The molecule has 3 aromatic carbocycles. The van der Waals surface area contributed by atoms with Crippen molar-refractivity contribution in [1.29, 1.82) is 0 Å². The fraction of sp³-hybridized carbons (Fsp3) is 0.375. The minimum absolute atomic E-state index is 0.0690. The van der Waals surface area contributed by atoms with Gasteiger partial charge in [0.25, 0.3) is 0 Å². The van der Waals surface area contributed by atoms with Crippen LogP contribution < -0.4 is 9.62 Å². The zero-order valence-corrected chi connectivity index (χ0v) is 26.0. The van der Waals surface area contributed by atoms with E-state index < -0.39 is 21.6 Å². The minimum atomic E-state index is -3.56. The van der Waals surface area contributed by atoms with Crippen LogP contribution in [0.5, 0.6) is 0 Å². The number of carbonyl (C=O) groups is 2. The molecule has 3 aromatic rings. The van der Waals surface area contributed by atoms with Gasteiger partial charge in [-0.05, 0) is 75.1 Å². The lowest BCUT2D eigenvalue weighted by Crippen LogP contribution is -2.54. The van der Waals surface area contributed by atoms with E-state index in [-0.39, 0.29) is 37.7 Å². The number of carbonyl (C=O) groups excluding carboxylic acids is 2. The van der Waals surface area contributed by atoms with Crippen LogP contribution in [0.4, 0.5) is 5.69 Å². The number of rotatable bonds is 12. The normalized spacial score (nSPS) is 12.4. The maximum absolute atomic E-state index is 13.9. The Labute approximate surface area is 249 Å². The van der Waals surface area contributed by atoms with E-state index >= 15 is 0 Å². The quantitative estimate of drug-likeness (QED) is 0.288. The second kappa shape index (κ2) is 14.0. The smallest absolute Gasteiger partial charge is 0.243 e. The zero-order valence-electron chi connectivity index (χ0n) is 24.4. The molecule has 0 aromatic heterocycles. The second-order valence-electron chi connectivity index (χ2n) is 11.4. The average molecular weight is 598 g/mol. The first-order valence-electron chi connectivity index (χ1n) is 13.7. The van der Waals surface area contributed by atoms with Gasteiger partial charge in [0.2, 0.25) is 21.8 Å². The maximum atomic E-state index is 13.9. The SMILES string of the molecule is Cc1cccc(N(CCCC(=O)N(Cc2ccc(Cl)cc2)C(Cc2ccccc2)C(=O)NC(C)(C)C)S(C)(=O)=O)c1. The number of anilines is 1. The van der Waals surface area contributed by atoms with Crippen LogP contribution in [0.25, 0.3) is 0 Å². The van der Waals surface area contributed by atoms with E-state index in [1.165, 1.54) is 4.31 Å². The van der Waals surface area contributed by atoms with Gasteiger partial charge in [-0.25, -0.2) is 8.42 Å². The second-order valence-corrected chi connectivity index (χ2v) is 13.7. The van der Waals surface area contributed by atoms with Crippen LogP contribution in [0.15, 0.2) is 78.9 Å². The first-order valence-corrected chi connectivity index (χ1v) is 15.9. The highest BCUT2D eigenvalue weighted by Crippen LogP contribution is 2.22. The number of amides is 2. The van der Waals surface area contributed by atoms with Crippen molar-refractivity contribution in [2.75, 3.05) is 17.1 Å². The molecule has 0 heterocycles. The van der Waals surface area contributed by atoms with Crippen molar-refractivity contribution >= 4 is 39.1 Å². The van der Waals surface area contributed by atoms with Crippen molar-refractivity contribution in [3.63, 3.8) is 0 Å². The molecular weight excluding hydrogens is 558 g/mol. The summed E-state index contributed by atoms with van der Waals surface area (Å²) in [6.07, 6.45) is 1.85. The Morgan fingerprint density at radius 3 is 2.17 bits per heavy atom. The molecule has 0 radical (unpaired) electrons. The van der Waals surface area contributed by atoms with Crippen molar-refractivity contribution in [2.45, 2.75) is 65.1 Å². The summed E-state index contributed by atoms with van der Waals surface area (Å²) in [5, 5.41) is 3.63. The fourth-order valence-electron chi connectivity index (χ4n) is 4.58. The molecule has 9 heteroatoms. The summed E-state index contributed by atoms with van der Waals surface area (Å²) < 4.78 is 26.6. The lowest BCUT2D eigenvalue weighted by atomic mass is 10.00. The third kappa shape index (κ3) is 10.2. The fourth-order valence-corrected chi connectivity index (χ4v) is 5.66. The Balaban J connectivity index is 1.90. The minimum Gasteiger partial charge on any atom is -0.350 e. The summed E-state index contributed by atoms with van der Waals surface area (Å²) in [6, 6.07) is 23.3. The molecule has 0 aliphatic rings. The Morgan fingerprint density at radius 2 is 1.59 bits per heavy atom. The Hall–Kier alpha value is -3.36. The number of hydrogen-bond donors (Lipinski definition) is 1. The van der Waals surface area contributed by atoms with E-state index in [1.54, 1.807) is 23.1 Å². The molecule has 0 aliphatic heterocycles. The van der Waals surface area contributed by atoms with Crippen LogP contribution in [0.3, 0.4) is 0 Å². The molecule has 0 spiro atoms. The summed E-state index contributed by atoms with van der Waals surface area (Å²) in [5.74, 6) is -0.483. The van der Waals surface area contributed by atoms with Crippen molar-refractivity contribution in [1.82, 2.24) is 10.2 Å². The Bertz CT molecular complexity index is 1420. The molecule has 1 atom stereocenters. The van der Waals surface area contributed by atoms with Crippen LogP contribution in [0.2, 0.25) is 5.02 Å². The van der Waals surface area contributed by atoms with Crippen LogP contribution in [-0.2, 0) is 32.6 Å². The summed E-state index contributed by atoms with van der Waals surface area (Å²) in [7, 11) is -3.56. The van der Waals surface area contributed by atoms with E-state index in [4.69, 9.17) is 11.6 Å². The molecule has 220 valence electrons. The van der Waals surface area contributed by atoms with Gasteiger partial charge in [0.15, 0.2) is 0 Å². The molecule has 0 aliphatic carbocycles. The molecule has 2 amide bonds. The largest absolute Gasteiger partial charge is 0.350 e. The van der Waals surface area contributed by atoms with Gasteiger partial charge in [0, 0.05) is 36.5 Å². The molecule has 1 N–H and O–H groups in total. The zero-order chi connectivity index (χ0) is 30.2. The number of hydrogen-bond acceptors (Lipinski definition) is 4. The van der Waals surface area contributed by atoms with Crippen molar-refractivity contribution < 1.29 is 18.0 Å². The Kier molecular flexibility index (Phi) is 11.0. The van der Waals surface area contributed by atoms with E-state index in [0.29, 0.717) is 17.1 Å². The predicted molar refractivity (Wildman–Crippen MR) is 166 cm³/mol. The summed E-state index contributed by atoms with van der Waals surface area (Å²) >= 11 is 6.10. The van der Waals surface area contributed by atoms with E-state index in [2.05, 4.69) is 5.32 Å². The van der Waals surface area contributed by atoms with Gasteiger partial charge in [-0.2, -0.15) is 0 Å². The number of nitrogens with one attached hydrogen (secondary N) is 1. The average Bonchev–Trinajstić information content (AvgIpc) is 2.88. The summed E-state index contributed by atoms with van der Waals surface area (Å²) in [5.41, 5.74) is 2.77. The van der Waals surface area contributed by atoms with E-state index in [9.17, 15) is 18.0 Å². The lowest BCUT2D eigenvalue weighted by molar-refractivity contribution is -0.142. The topological polar surface area (TPSA) is 86.8 Å². The standard InChI is InChI=1S/C32H40ClN3O4S/c1-24-11-9-14-28(21-24)36(41(5,39)40)20-10-15-30(37)35(23-26-16-18-27(33)19-17-26)29(31(38)34-32(2,3)4)22-25-12-7-6-8-13-25/h6-9,11-14,16-19,21,29H,10,15,20,22-23H2,1-5H3,(H,34,38). The van der Waals surface area contributed by atoms with Gasteiger partial charge < -0.3 is 10.2 Å². The molecule has 7 nitrogen and oxygen atoms in total. The van der Waals surface area contributed by atoms with Gasteiger partial charge in [0.1, 0.15) is 6.04 Å². The molecule has 0 fully saturated rings. The molecule has 0 bridgehead atoms. The maximum Gasteiger partial charge on any atom is 0.243 e. The molecule has 3 rings (SSSR count). The number of halogens is 1.